The van der Waals surface area contributed by atoms with Crippen LogP contribution in [0.4, 0.5) is 0 Å². The number of benzene rings is 7. The predicted octanol–water partition coefficient (Wildman–Crippen LogP) is 11.4. The van der Waals surface area contributed by atoms with Crippen LogP contribution >= 0.6 is 11.8 Å². The molecular weight excluding hydrogens is 627 g/mol. The molecule has 1 aliphatic heterocycles. The van der Waals surface area contributed by atoms with E-state index in [-0.39, 0.29) is 0 Å². The molecule has 0 N–H and O–H groups in total. The second kappa shape index (κ2) is 11.5. The van der Waals surface area contributed by atoms with Gasteiger partial charge < -0.3 is 0 Å². The van der Waals surface area contributed by atoms with Crippen molar-refractivity contribution in [3.8, 4) is 56.4 Å². The van der Waals surface area contributed by atoms with E-state index in [4.69, 9.17) is 15.0 Å². The molecule has 0 atom stereocenters. The van der Waals surface area contributed by atoms with Gasteiger partial charge >= 0.3 is 0 Å². The van der Waals surface area contributed by atoms with Crippen molar-refractivity contribution in [2.75, 3.05) is 0 Å². The van der Waals surface area contributed by atoms with Crippen LogP contribution in [0.15, 0.2) is 186 Å². The highest BCUT2D eigenvalue weighted by Gasteiger charge is 2.50. The maximum absolute atomic E-state index is 5.28. The van der Waals surface area contributed by atoms with Gasteiger partial charge in [0.2, 0.25) is 0 Å². The van der Waals surface area contributed by atoms with Crippen molar-refractivity contribution in [1.29, 1.82) is 0 Å². The fraction of sp³-hybridized carbons (Fsp3) is 0.0217. The molecule has 3 nitrogen and oxygen atoms in total. The first-order valence-electron chi connectivity index (χ1n) is 16.9. The summed E-state index contributed by atoms with van der Waals surface area (Å²) in [7, 11) is 0. The summed E-state index contributed by atoms with van der Waals surface area (Å²) in [6.45, 7) is 0. The van der Waals surface area contributed by atoms with E-state index in [1.165, 1.54) is 43.2 Å². The molecule has 0 fully saturated rings. The highest BCUT2D eigenvalue weighted by molar-refractivity contribution is 7.99. The molecule has 10 rings (SSSR count). The Hall–Kier alpha value is -6.10. The Morgan fingerprint density at radius 3 is 1.54 bits per heavy atom. The van der Waals surface area contributed by atoms with E-state index in [2.05, 4.69) is 152 Å². The number of rotatable bonds is 4. The van der Waals surface area contributed by atoms with E-state index in [1.807, 2.05) is 36.0 Å². The maximum atomic E-state index is 5.28. The fourth-order valence-corrected chi connectivity index (χ4v) is 9.09. The molecule has 2 heterocycles. The van der Waals surface area contributed by atoms with Crippen LogP contribution in [0.2, 0.25) is 0 Å². The average Bonchev–Trinajstić information content (AvgIpc) is 3.49. The summed E-state index contributed by atoms with van der Waals surface area (Å²) in [6.07, 6.45) is 0. The molecule has 0 unspecified atom stereocenters. The highest BCUT2D eigenvalue weighted by Crippen LogP contribution is 2.63. The minimum absolute atomic E-state index is 0.470. The fourth-order valence-electron chi connectivity index (χ4n) is 7.90. The molecule has 7 aromatic carbocycles. The predicted molar refractivity (Wildman–Crippen MR) is 203 cm³/mol. The lowest BCUT2D eigenvalue weighted by Gasteiger charge is -2.39. The van der Waals surface area contributed by atoms with Gasteiger partial charge in [-0.15, -0.1) is 0 Å². The van der Waals surface area contributed by atoms with E-state index in [0.29, 0.717) is 17.5 Å². The lowest BCUT2D eigenvalue weighted by Crippen LogP contribution is -2.31. The number of fused-ring (bicyclic) bond motifs is 9. The molecule has 4 heteroatoms. The van der Waals surface area contributed by atoms with Gasteiger partial charge in [-0.25, -0.2) is 15.0 Å². The maximum Gasteiger partial charge on any atom is 0.164 e. The van der Waals surface area contributed by atoms with Gasteiger partial charge in [-0.1, -0.05) is 169 Å². The Balaban J connectivity index is 1.25. The van der Waals surface area contributed by atoms with E-state index in [1.54, 1.807) is 0 Å². The van der Waals surface area contributed by atoms with E-state index >= 15 is 0 Å². The van der Waals surface area contributed by atoms with Crippen molar-refractivity contribution < 1.29 is 0 Å². The lowest BCUT2D eigenvalue weighted by atomic mass is 9.67. The zero-order chi connectivity index (χ0) is 33.1. The van der Waals surface area contributed by atoms with E-state index in [0.717, 1.165) is 27.8 Å². The summed E-state index contributed by atoms with van der Waals surface area (Å²) in [6, 6.07) is 62.5. The normalized spacial score (nSPS) is 13.3. The standard InChI is InChI=1S/C46H29N3S/c1-3-15-30(16-4-1)32-19-13-20-33(29-32)44-47-43(31-17-5-2-6-18-31)48-45(49-44)35-22-14-26-39-42(35)34-21-7-8-23-36(34)46(39)37-24-9-11-27-40(37)50-41-28-12-10-25-38(41)46/h1-29H. The van der Waals surface area contributed by atoms with Crippen molar-refractivity contribution in [2.24, 2.45) is 0 Å². The van der Waals surface area contributed by atoms with Crippen molar-refractivity contribution in [3.63, 3.8) is 0 Å². The molecule has 1 aliphatic carbocycles. The molecule has 1 aromatic heterocycles. The summed E-state index contributed by atoms with van der Waals surface area (Å²) in [5, 5.41) is 0. The Morgan fingerprint density at radius 2 is 0.820 bits per heavy atom. The first-order valence-corrected chi connectivity index (χ1v) is 17.7. The van der Waals surface area contributed by atoms with Crippen LogP contribution in [0.5, 0.6) is 0 Å². The Morgan fingerprint density at radius 1 is 0.340 bits per heavy atom. The quantitative estimate of drug-likeness (QED) is 0.189. The second-order valence-corrected chi connectivity index (χ2v) is 13.8. The van der Waals surface area contributed by atoms with Crippen molar-refractivity contribution >= 4 is 11.8 Å². The van der Waals surface area contributed by atoms with Gasteiger partial charge in [0.25, 0.3) is 0 Å². The Kier molecular flexibility index (Phi) is 6.64. The molecule has 0 saturated heterocycles. The third-order valence-electron chi connectivity index (χ3n) is 10.0. The smallest absolute Gasteiger partial charge is 0.164 e. The van der Waals surface area contributed by atoms with Gasteiger partial charge in [-0.05, 0) is 62.7 Å². The lowest BCUT2D eigenvalue weighted by molar-refractivity contribution is 0.722. The van der Waals surface area contributed by atoms with Crippen LogP contribution in [0.25, 0.3) is 56.4 Å². The number of hydrogen-bond donors (Lipinski definition) is 0. The SMILES string of the molecule is c1ccc(-c2cccc(-c3nc(-c4ccccc4)nc(-c4cccc5c4-c4ccccc4C54c5ccccc5Sc5ccccc54)n3)c2)cc1. The average molecular weight is 656 g/mol. The summed E-state index contributed by atoms with van der Waals surface area (Å²) >= 11 is 1.86. The number of aromatic nitrogens is 3. The zero-order valence-electron chi connectivity index (χ0n) is 27.0. The molecule has 50 heavy (non-hydrogen) atoms. The van der Waals surface area contributed by atoms with Gasteiger partial charge in [0, 0.05) is 26.5 Å². The van der Waals surface area contributed by atoms with Crippen molar-refractivity contribution in [3.05, 3.63) is 198 Å². The number of hydrogen-bond acceptors (Lipinski definition) is 4. The molecule has 2 aliphatic rings. The van der Waals surface area contributed by atoms with Crippen molar-refractivity contribution in [1.82, 2.24) is 15.0 Å². The minimum atomic E-state index is -0.470. The number of nitrogens with zero attached hydrogens (tertiary/aromatic N) is 3. The molecule has 0 amide bonds. The van der Waals surface area contributed by atoms with Crippen LogP contribution in [-0.2, 0) is 5.41 Å². The summed E-state index contributed by atoms with van der Waals surface area (Å²) in [5.74, 6) is 1.96. The highest BCUT2D eigenvalue weighted by atomic mass is 32.2. The topological polar surface area (TPSA) is 38.7 Å². The monoisotopic (exact) mass is 655 g/mol. The zero-order valence-corrected chi connectivity index (χ0v) is 27.8. The molecule has 8 aromatic rings. The van der Waals surface area contributed by atoms with Crippen LogP contribution < -0.4 is 0 Å². The van der Waals surface area contributed by atoms with Crippen molar-refractivity contribution in [2.45, 2.75) is 15.2 Å². The van der Waals surface area contributed by atoms with Crippen LogP contribution in [0.1, 0.15) is 22.3 Å². The summed E-state index contributed by atoms with van der Waals surface area (Å²) < 4.78 is 0. The first kappa shape index (κ1) is 28.9. The Bertz CT molecular complexity index is 2530. The largest absolute Gasteiger partial charge is 0.208 e. The molecular formula is C46H29N3S. The van der Waals surface area contributed by atoms with Gasteiger partial charge in [0.05, 0.1) is 5.41 Å². The molecule has 0 radical (unpaired) electrons. The summed E-state index contributed by atoms with van der Waals surface area (Å²) in [4.78, 5) is 18.2. The van der Waals surface area contributed by atoms with E-state index < -0.39 is 5.41 Å². The molecule has 0 saturated carbocycles. The first-order chi connectivity index (χ1) is 24.8. The second-order valence-electron chi connectivity index (χ2n) is 12.7. The summed E-state index contributed by atoms with van der Waals surface area (Å²) in [5.41, 5.74) is 12.3. The van der Waals surface area contributed by atoms with Gasteiger partial charge in [0.1, 0.15) is 0 Å². The third kappa shape index (κ3) is 4.35. The molecule has 1 spiro atoms. The van der Waals surface area contributed by atoms with E-state index in [9.17, 15) is 0 Å². The molecule has 0 bridgehead atoms. The van der Waals surface area contributed by atoms with Crippen LogP contribution in [0.3, 0.4) is 0 Å². The van der Waals surface area contributed by atoms with Gasteiger partial charge in [0.15, 0.2) is 17.5 Å². The minimum Gasteiger partial charge on any atom is -0.208 e. The third-order valence-corrected chi connectivity index (χ3v) is 11.2. The van der Waals surface area contributed by atoms with Crippen LogP contribution in [0, 0.1) is 0 Å². The van der Waals surface area contributed by atoms with Gasteiger partial charge in [-0.2, -0.15) is 0 Å². The molecule has 234 valence electrons. The van der Waals surface area contributed by atoms with Gasteiger partial charge in [-0.3, -0.25) is 0 Å². The Labute approximate surface area is 295 Å². The van der Waals surface area contributed by atoms with Crippen LogP contribution in [-0.4, -0.2) is 15.0 Å².